The minimum atomic E-state index is -4.95. The molecule has 0 aliphatic heterocycles. The Bertz CT molecular complexity index is 2720. The van der Waals surface area contributed by atoms with Crippen LogP contribution in [0.25, 0.3) is 12.2 Å². The summed E-state index contributed by atoms with van der Waals surface area (Å²) >= 11 is 0. The largest absolute Gasteiger partial charge is 0.324 e. The zero-order valence-corrected chi connectivity index (χ0v) is 32.4. The molecule has 8 aromatic rings. The van der Waals surface area contributed by atoms with Gasteiger partial charge in [-0.05, 0) is 65.7 Å². The van der Waals surface area contributed by atoms with Gasteiger partial charge in [-0.15, -0.1) is 0 Å². The molecule has 0 aliphatic rings. The summed E-state index contributed by atoms with van der Waals surface area (Å²) in [5, 5.41) is 19.0. The zero-order valence-electron chi connectivity index (χ0n) is 31.6. The Morgan fingerprint density at radius 3 is 1.08 bits per heavy atom. The monoisotopic (exact) mass is 812 g/mol. The number of hydrogen-bond donors (Lipinski definition) is 7. The van der Waals surface area contributed by atoms with Gasteiger partial charge in [0.05, 0.1) is 11.4 Å². The molecule has 15 nitrogen and oxygen atoms in total. The van der Waals surface area contributed by atoms with Crippen molar-refractivity contribution >= 4 is 92.1 Å². The van der Waals surface area contributed by atoms with Crippen LogP contribution in [0.3, 0.4) is 0 Å². The molecule has 0 atom stereocenters. The van der Waals surface area contributed by atoms with Crippen molar-refractivity contribution in [2.24, 2.45) is 0 Å². The van der Waals surface area contributed by atoms with Gasteiger partial charge in [-0.3, -0.25) is 4.55 Å². The summed E-state index contributed by atoms with van der Waals surface area (Å²) in [6.07, 6.45) is 3.33. The van der Waals surface area contributed by atoms with Crippen LogP contribution in [-0.2, 0) is 10.1 Å². The topological polar surface area (TPSA) is 204 Å². The lowest BCUT2D eigenvalue weighted by Gasteiger charge is -2.19. The van der Waals surface area contributed by atoms with Crippen molar-refractivity contribution in [1.29, 1.82) is 0 Å². The lowest BCUT2D eigenvalue weighted by molar-refractivity contribution is 0.483. The number of aromatic nitrogens is 6. The van der Waals surface area contributed by atoms with Gasteiger partial charge in [0.15, 0.2) is 0 Å². The highest BCUT2D eigenvalue weighted by atomic mass is 32.2. The van der Waals surface area contributed by atoms with Crippen molar-refractivity contribution in [3.05, 3.63) is 175 Å². The number of hydrogen-bond acceptors (Lipinski definition) is 14. The van der Waals surface area contributed by atoms with Crippen molar-refractivity contribution in [2.45, 2.75) is 4.90 Å². The summed E-state index contributed by atoms with van der Waals surface area (Å²) in [6, 6.07) is 49.8. The SMILES string of the molecule is O=S(=O)(O)c1c(C=Cc2ccccc2)ccc(Nc2nc(Nc3ccccc3)nc(Nc3ccccc3)n2)c1Nc1nc(Nc2ccccc2)nc(Nc2ccccc2)n1. The highest BCUT2D eigenvalue weighted by molar-refractivity contribution is 7.86. The van der Waals surface area contributed by atoms with Gasteiger partial charge in [-0.1, -0.05) is 121 Å². The molecular weight excluding hydrogens is 777 g/mol. The number of para-hydroxylation sites is 4. The third-order valence-electron chi connectivity index (χ3n) is 8.57. The van der Waals surface area contributed by atoms with Gasteiger partial charge in [-0.2, -0.15) is 38.3 Å². The molecular formula is C44H36N12O3S. The fourth-order valence-corrected chi connectivity index (χ4v) is 6.76. The molecule has 0 unspecified atom stereocenters. The number of anilines is 12. The second kappa shape index (κ2) is 17.9. The van der Waals surface area contributed by atoms with Crippen LogP contribution in [0.5, 0.6) is 0 Å². The Morgan fingerprint density at radius 1 is 0.383 bits per heavy atom. The average molecular weight is 813 g/mol. The van der Waals surface area contributed by atoms with Gasteiger partial charge in [0.1, 0.15) is 4.90 Å². The first-order chi connectivity index (χ1) is 29.3. The van der Waals surface area contributed by atoms with E-state index in [1.807, 2.05) is 152 Å². The maximum atomic E-state index is 13.5. The van der Waals surface area contributed by atoms with Gasteiger partial charge in [0, 0.05) is 22.7 Å². The van der Waals surface area contributed by atoms with Gasteiger partial charge in [0.2, 0.25) is 35.7 Å². The summed E-state index contributed by atoms with van der Waals surface area (Å²) in [5.41, 5.74) is 3.86. The molecule has 16 heteroatoms. The Labute approximate surface area is 345 Å². The molecule has 0 fully saturated rings. The molecule has 60 heavy (non-hydrogen) atoms. The zero-order chi connectivity index (χ0) is 41.2. The molecule has 6 aromatic carbocycles. The van der Waals surface area contributed by atoms with E-state index in [0.717, 1.165) is 16.9 Å². The van der Waals surface area contributed by atoms with E-state index in [9.17, 15) is 13.0 Å². The third kappa shape index (κ3) is 10.2. The van der Waals surface area contributed by atoms with Crippen molar-refractivity contribution in [2.75, 3.05) is 31.9 Å². The van der Waals surface area contributed by atoms with E-state index < -0.39 is 15.0 Å². The van der Waals surface area contributed by atoms with Gasteiger partial charge < -0.3 is 31.9 Å². The van der Waals surface area contributed by atoms with E-state index in [4.69, 9.17) is 0 Å². The predicted octanol–water partition coefficient (Wildman–Crippen LogP) is 9.94. The fraction of sp³-hybridized carbons (Fsp3) is 0. The lowest BCUT2D eigenvalue weighted by Crippen LogP contribution is -2.13. The Hall–Kier alpha value is -8.21. The Balaban J connectivity index is 1.25. The molecule has 7 N–H and O–H groups in total. The lowest BCUT2D eigenvalue weighted by atomic mass is 10.1. The molecule has 0 bridgehead atoms. The minimum absolute atomic E-state index is 0.0345. The maximum absolute atomic E-state index is 13.5. The van der Waals surface area contributed by atoms with Crippen LogP contribution >= 0.6 is 0 Å². The molecule has 0 spiro atoms. The van der Waals surface area contributed by atoms with E-state index in [1.165, 1.54) is 0 Å². The summed E-state index contributed by atoms with van der Waals surface area (Å²) < 4.78 is 38.0. The summed E-state index contributed by atoms with van der Waals surface area (Å²) in [5.74, 6) is 0.640. The first kappa shape index (κ1) is 38.7. The summed E-state index contributed by atoms with van der Waals surface area (Å²) in [4.78, 5) is 27.2. The molecule has 0 saturated carbocycles. The smallest absolute Gasteiger partial charge is 0.297 e. The molecule has 2 aromatic heterocycles. The van der Waals surface area contributed by atoms with Crippen LogP contribution in [0.15, 0.2) is 169 Å². The normalized spacial score (nSPS) is 11.2. The number of nitrogens with one attached hydrogen (secondary N) is 6. The molecule has 0 saturated heterocycles. The molecule has 296 valence electrons. The van der Waals surface area contributed by atoms with Crippen LogP contribution in [-0.4, -0.2) is 42.9 Å². The minimum Gasteiger partial charge on any atom is -0.324 e. The van der Waals surface area contributed by atoms with E-state index in [-0.39, 0.29) is 52.6 Å². The molecule has 0 radical (unpaired) electrons. The molecule has 8 rings (SSSR count). The van der Waals surface area contributed by atoms with Crippen molar-refractivity contribution in [1.82, 2.24) is 29.9 Å². The van der Waals surface area contributed by atoms with Crippen LogP contribution in [0, 0.1) is 0 Å². The summed E-state index contributed by atoms with van der Waals surface area (Å²) in [6.45, 7) is 0. The Kier molecular flexibility index (Phi) is 11.6. The highest BCUT2D eigenvalue weighted by Crippen LogP contribution is 2.38. The number of benzene rings is 6. The average Bonchev–Trinajstić information content (AvgIpc) is 3.25. The Morgan fingerprint density at radius 2 is 0.717 bits per heavy atom. The first-order valence-corrected chi connectivity index (χ1v) is 20.0. The van der Waals surface area contributed by atoms with Gasteiger partial charge >= 0.3 is 0 Å². The van der Waals surface area contributed by atoms with Gasteiger partial charge in [0.25, 0.3) is 10.1 Å². The van der Waals surface area contributed by atoms with Crippen LogP contribution in [0.2, 0.25) is 0 Å². The first-order valence-electron chi connectivity index (χ1n) is 18.5. The van der Waals surface area contributed by atoms with Crippen molar-refractivity contribution < 1.29 is 13.0 Å². The van der Waals surface area contributed by atoms with E-state index in [0.29, 0.717) is 11.4 Å². The standard InChI is InChI=1S/C44H36N12O3S/c57-60(58,59)38-31(27-26-30-16-6-1-7-17-30)28-29-36(49-43-53-39(45-32-18-8-2-9-19-32)51-40(54-43)46-33-20-10-3-11-21-33)37(38)50-44-55-41(47-34-22-12-4-13-23-34)52-42(56-44)48-35-24-14-5-15-25-35/h1-29H,(H,57,58,59)(H3,45,46,49,51,53,54)(H3,47,48,50,52,55,56). The van der Waals surface area contributed by atoms with Gasteiger partial charge in [-0.25, -0.2) is 0 Å². The second-order valence-corrected chi connectivity index (χ2v) is 14.3. The maximum Gasteiger partial charge on any atom is 0.297 e. The molecule has 2 heterocycles. The third-order valence-corrected chi connectivity index (χ3v) is 9.53. The van der Waals surface area contributed by atoms with E-state index in [1.54, 1.807) is 24.3 Å². The molecule has 0 amide bonds. The van der Waals surface area contributed by atoms with Crippen LogP contribution < -0.4 is 31.9 Å². The number of nitrogens with zero attached hydrogens (tertiary/aromatic N) is 6. The second-order valence-electron chi connectivity index (χ2n) is 13.0. The number of rotatable bonds is 15. The van der Waals surface area contributed by atoms with Crippen molar-refractivity contribution in [3.63, 3.8) is 0 Å². The fourth-order valence-electron chi connectivity index (χ4n) is 5.91. The highest BCUT2D eigenvalue weighted by Gasteiger charge is 2.25. The summed E-state index contributed by atoms with van der Waals surface area (Å²) in [7, 11) is -4.95. The van der Waals surface area contributed by atoms with Crippen LogP contribution in [0.1, 0.15) is 11.1 Å². The van der Waals surface area contributed by atoms with Crippen molar-refractivity contribution in [3.8, 4) is 0 Å². The molecule has 0 aliphatic carbocycles. The predicted molar refractivity (Wildman–Crippen MR) is 237 cm³/mol. The van der Waals surface area contributed by atoms with Crippen LogP contribution in [0.4, 0.5) is 69.8 Å². The quantitative estimate of drug-likeness (QED) is 0.0380. The van der Waals surface area contributed by atoms with E-state index >= 15 is 0 Å². The van der Waals surface area contributed by atoms with E-state index in [2.05, 4.69) is 61.8 Å².